The average Bonchev–Trinajstić information content (AvgIpc) is 3.08. The summed E-state index contributed by atoms with van der Waals surface area (Å²) in [5.74, 6) is -5.16. The molecule has 0 aromatic rings. The highest BCUT2D eigenvalue weighted by molar-refractivity contribution is 5.96. The fraction of sp³-hybridized carbons (Fsp3) is 0.838. The van der Waals surface area contributed by atoms with E-state index in [9.17, 15) is 39.0 Å². The summed E-state index contributed by atoms with van der Waals surface area (Å²) < 4.78 is 5.80. The third kappa shape index (κ3) is 14.6. The van der Waals surface area contributed by atoms with E-state index in [-0.39, 0.29) is 18.4 Å². The van der Waals surface area contributed by atoms with E-state index in [1.165, 1.54) is 18.9 Å². The Labute approximate surface area is 309 Å². The molecule has 0 aromatic heterocycles. The van der Waals surface area contributed by atoms with Gasteiger partial charge >= 0.3 is 5.97 Å². The van der Waals surface area contributed by atoms with Gasteiger partial charge in [-0.15, -0.1) is 0 Å². The molecule has 0 bridgehead atoms. The van der Waals surface area contributed by atoms with Crippen LogP contribution in [0.1, 0.15) is 119 Å². The second kappa shape index (κ2) is 21.4. The number of nitrogens with one attached hydrogen (secondary N) is 4. The summed E-state index contributed by atoms with van der Waals surface area (Å²) in [5, 5.41) is 30.8. The molecule has 1 aliphatic carbocycles. The van der Waals surface area contributed by atoms with Crippen LogP contribution in [-0.4, -0.2) is 113 Å². The number of cyclic esters (lactones) is 1. The van der Waals surface area contributed by atoms with Crippen LogP contribution in [0, 0.1) is 17.8 Å². The van der Waals surface area contributed by atoms with Crippen LogP contribution in [-0.2, 0) is 33.5 Å². The highest BCUT2D eigenvalue weighted by atomic mass is 16.5. The van der Waals surface area contributed by atoms with Gasteiger partial charge in [-0.25, -0.2) is 0 Å². The fourth-order valence-corrected chi connectivity index (χ4v) is 6.94. The molecule has 15 nitrogen and oxygen atoms in total. The van der Waals surface area contributed by atoms with E-state index in [0.29, 0.717) is 38.5 Å². The Kier molecular flexibility index (Phi) is 18.5. The molecule has 2 fully saturated rings. The van der Waals surface area contributed by atoms with Gasteiger partial charge in [-0.2, -0.15) is 0 Å². The highest BCUT2D eigenvalue weighted by Gasteiger charge is 2.39. The first-order chi connectivity index (χ1) is 24.4. The van der Waals surface area contributed by atoms with E-state index in [2.05, 4.69) is 21.3 Å². The second-order valence-electron chi connectivity index (χ2n) is 15.8. The number of ether oxygens (including phenoxy) is 1. The monoisotopic (exact) mass is 738 g/mol. The molecule has 2 aliphatic rings. The Balaban J connectivity index is 2.50. The fourth-order valence-electron chi connectivity index (χ4n) is 6.94. The highest BCUT2D eigenvalue weighted by Crippen LogP contribution is 2.28. The Bertz CT molecular complexity index is 1200. The Morgan fingerprint density at radius 2 is 1.52 bits per heavy atom. The molecule has 52 heavy (non-hydrogen) atoms. The molecule has 1 saturated carbocycles. The van der Waals surface area contributed by atoms with E-state index in [0.717, 1.165) is 38.5 Å². The topological polar surface area (TPSA) is 229 Å². The molecule has 1 aliphatic heterocycles. The molecule has 0 aromatic carbocycles. The quantitative estimate of drug-likeness (QED) is 0.111. The molecular weight excluding hydrogens is 672 g/mol. The van der Waals surface area contributed by atoms with Crippen LogP contribution in [0.4, 0.5) is 0 Å². The number of unbranched alkanes of at least 4 members (excludes halogenated alkanes) is 3. The van der Waals surface area contributed by atoms with Crippen molar-refractivity contribution in [3.05, 3.63) is 0 Å². The van der Waals surface area contributed by atoms with Crippen molar-refractivity contribution in [3.8, 4) is 0 Å². The lowest BCUT2D eigenvalue weighted by atomic mass is 9.83. The first kappa shape index (κ1) is 44.9. The number of nitrogens with two attached hydrogens (primary N) is 1. The molecule has 7 atom stereocenters. The molecule has 1 heterocycles. The smallest absolute Gasteiger partial charge is 0.325 e. The number of hydrogen-bond donors (Lipinski definition) is 7. The second-order valence-corrected chi connectivity index (χ2v) is 15.8. The standard InChI is InChI=1S/C37H66N6O9/c1-22(2)19-27-33(47)42-31(25-15-11-10-12-16-25)35(49)40-26(20-38)32(46)41-30(24(4)44)34(48)39-21-29(45)52-28(23(3)36(50)43(27)7)17-13-8-9-14-18-37(5,6)51/h22-28,30-31,44,51H,8-21,38H2,1-7H3,(H,39,48)(H,40,49)(H,41,46)(H,42,47)/t23-,24+,26+,27+,28-,30+,31+/m1/s1. The lowest BCUT2D eigenvalue weighted by molar-refractivity contribution is -0.157. The Hall–Kier alpha value is -3.30. The van der Waals surface area contributed by atoms with Gasteiger partial charge in [0.05, 0.1) is 17.6 Å². The van der Waals surface area contributed by atoms with Crippen molar-refractivity contribution >= 4 is 35.5 Å². The van der Waals surface area contributed by atoms with Crippen LogP contribution in [0.2, 0.25) is 0 Å². The summed E-state index contributed by atoms with van der Waals surface area (Å²) in [4.78, 5) is 83.0. The summed E-state index contributed by atoms with van der Waals surface area (Å²) >= 11 is 0. The molecule has 2 rings (SSSR count). The zero-order valence-electron chi connectivity index (χ0n) is 32.4. The number of aliphatic hydroxyl groups excluding tert-OH is 1. The number of likely N-dealkylation sites (N-methyl/N-ethyl adjacent to an activating group) is 1. The number of amides is 5. The molecule has 5 amide bonds. The van der Waals surface area contributed by atoms with Crippen molar-refractivity contribution < 1.29 is 43.7 Å². The predicted molar refractivity (Wildman–Crippen MR) is 195 cm³/mol. The number of esters is 1. The van der Waals surface area contributed by atoms with Crippen molar-refractivity contribution in [2.45, 2.75) is 161 Å². The van der Waals surface area contributed by atoms with Crippen LogP contribution in [0.3, 0.4) is 0 Å². The molecule has 8 N–H and O–H groups in total. The maximum Gasteiger partial charge on any atom is 0.325 e. The molecule has 0 spiro atoms. The maximum atomic E-state index is 14.1. The van der Waals surface area contributed by atoms with E-state index in [4.69, 9.17) is 10.5 Å². The van der Waals surface area contributed by atoms with Gasteiger partial charge < -0.3 is 46.9 Å². The van der Waals surface area contributed by atoms with Gasteiger partial charge in [0.2, 0.25) is 29.5 Å². The third-order valence-corrected chi connectivity index (χ3v) is 10.1. The minimum absolute atomic E-state index is 0.00168. The van der Waals surface area contributed by atoms with Crippen LogP contribution >= 0.6 is 0 Å². The summed E-state index contributed by atoms with van der Waals surface area (Å²) in [7, 11) is 1.53. The van der Waals surface area contributed by atoms with Crippen LogP contribution in [0.15, 0.2) is 0 Å². The van der Waals surface area contributed by atoms with Crippen molar-refractivity contribution in [1.29, 1.82) is 0 Å². The summed E-state index contributed by atoms with van der Waals surface area (Å²) in [6.07, 6.45) is 6.06. The zero-order chi connectivity index (χ0) is 39.2. The summed E-state index contributed by atoms with van der Waals surface area (Å²) in [5.41, 5.74) is 5.12. The van der Waals surface area contributed by atoms with Crippen molar-refractivity contribution in [1.82, 2.24) is 26.2 Å². The molecule has 0 radical (unpaired) electrons. The van der Waals surface area contributed by atoms with Crippen LogP contribution in [0.5, 0.6) is 0 Å². The van der Waals surface area contributed by atoms with Gasteiger partial charge in [-0.05, 0) is 71.1 Å². The van der Waals surface area contributed by atoms with E-state index in [1.54, 1.807) is 20.8 Å². The minimum Gasteiger partial charge on any atom is -0.460 e. The molecule has 298 valence electrons. The van der Waals surface area contributed by atoms with Gasteiger partial charge in [0.25, 0.3) is 0 Å². The lowest BCUT2D eigenvalue weighted by Gasteiger charge is -2.36. The molecular formula is C37H66N6O9. The average molecular weight is 739 g/mol. The Morgan fingerprint density at radius 1 is 0.885 bits per heavy atom. The van der Waals surface area contributed by atoms with Crippen LogP contribution in [0.25, 0.3) is 0 Å². The first-order valence-electron chi connectivity index (χ1n) is 19.1. The normalized spacial score (nSPS) is 27.8. The predicted octanol–water partition coefficient (Wildman–Crippen LogP) is 1.02. The number of hydrogen-bond acceptors (Lipinski definition) is 10. The maximum absolute atomic E-state index is 14.1. The summed E-state index contributed by atoms with van der Waals surface area (Å²) in [6.45, 7) is 9.35. The van der Waals surface area contributed by atoms with Crippen molar-refractivity contribution in [2.24, 2.45) is 23.5 Å². The number of aliphatic hydroxyl groups is 2. The minimum atomic E-state index is -1.49. The van der Waals surface area contributed by atoms with E-state index >= 15 is 0 Å². The largest absolute Gasteiger partial charge is 0.460 e. The molecule has 15 heteroatoms. The van der Waals surface area contributed by atoms with Crippen molar-refractivity contribution in [2.75, 3.05) is 20.1 Å². The lowest BCUT2D eigenvalue weighted by Crippen LogP contribution is -2.62. The third-order valence-electron chi connectivity index (χ3n) is 10.1. The zero-order valence-corrected chi connectivity index (χ0v) is 32.4. The van der Waals surface area contributed by atoms with Gasteiger partial charge in [0, 0.05) is 13.6 Å². The summed E-state index contributed by atoms with van der Waals surface area (Å²) in [6, 6.07) is -4.76. The first-order valence-corrected chi connectivity index (χ1v) is 19.1. The van der Waals surface area contributed by atoms with Crippen LogP contribution < -0.4 is 27.0 Å². The SMILES string of the molecule is CC(C)C[C@H]1C(=O)N[C@@H](C2CCCCC2)C(=O)N[C@@H](CN)C(=O)N[C@@H]([C@H](C)O)C(=O)NCC(=O)O[C@H](CCCCCCC(C)(C)O)[C@@H](C)C(=O)N1C. The van der Waals surface area contributed by atoms with Crippen molar-refractivity contribution in [3.63, 3.8) is 0 Å². The molecule has 0 unspecified atom stereocenters. The van der Waals surface area contributed by atoms with Gasteiger partial charge in [-0.3, -0.25) is 28.8 Å². The van der Waals surface area contributed by atoms with E-state index < -0.39 is 89.9 Å². The molecule has 1 saturated heterocycles. The van der Waals surface area contributed by atoms with Gasteiger partial charge in [0.15, 0.2) is 0 Å². The van der Waals surface area contributed by atoms with E-state index in [1.807, 2.05) is 13.8 Å². The number of rotatable bonds is 12. The van der Waals surface area contributed by atoms with Gasteiger partial charge in [-0.1, -0.05) is 59.3 Å². The Morgan fingerprint density at radius 3 is 2.10 bits per heavy atom. The number of carbonyl (C=O) groups is 6. The number of carbonyl (C=O) groups excluding carboxylic acids is 6. The van der Waals surface area contributed by atoms with Gasteiger partial charge in [0.1, 0.15) is 36.8 Å². The number of nitrogens with zero attached hydrogens (tertiary/aromatic N) is 1.